The highest BCUT2D eigenvalue weighted by Crippen LogP contribution is 2.26. The molecule has 3 rings (SSSR count). The molecule has 0 spiro atoms. The van der Waals surface area contributed by atoms with E-state index in [1.165, 1.54) is 0 Å². The van der Waals surface area contributed by atoms with E-state index in [-0.39, 0.29) is 6.04 Å². The first-order chi connectivity index (χ1) is 9.88. The molecule has 2 aromatic rings. The van der Waals surface area contributed by atoms with E-state index in [1.807, 2.05) is 48.3 Å². The van der Waals surface area contributed by atoms with Gasteiger partial charge in [0.15, 0.2) is 0 Å². The monoisotopic (exact) mass is 272 g/mol. The van der Waals surface area contributed by atoms with E-state index in [0.717, 1.165) is 37.4 Å². The number of hydrogen-bond acceptors (Lipinski definition) is 4. The second kappa shape index (κ2) is 6.15. The Balaban J connectivity index is 1.83. The first-order valence-electron chi connectivity index (χ1n) is 7.09. The molecule has 0 bridgehead atoms. The Kier molecular flexibility index (Phi) is 4.08. The highest BCUT2D eigenvalue weighted by molar-refractivity contribution is 5.32. The summed E-state index contributed by atoms with van der Waals surface area (Å²) >= 11 is 0. The number of ether oxygens (including phenoxy) is 1. The lowest BCUT2D eigenvalue weighted by Crippen LogP contribution is -2.23. The average Bonchev–Trinajstić information content (AvgIpc) is 3.17. The van der Waals surface area contributed by atoms with Crippen LogP contribution in [0, 0.1) is 5.92 Å². The molecule has 1 aromatic heterocycles. The van der Waals surface area contributed by atoms with Gasteiger partial charge in [-0.25, -0.2) is 4.68 Å². The number of rotatable bonds is 5. The van der Waals surface area contributed by atoms with Crippen LogP contribution in [0.15, 0.2) is 36.5 Å². The Morgan fingerprint density at radius 2 is 2.25 bits per heavy atom. The average molecular weight is 272 g/mol. The highest BCUT2D eigenvalue weighted by atomic mass is 16.5. The Bertz CT molecular complexity index is 534. The van der Waals surface area contributed by atoms with Crippen LogP contribution >= 0.6 is 0 Å². The van der Waals surface area contributed by atoms with Crippen molar-refractivity contribution in [3.8, 4) is 5.69 Å². The van der Waals surface area contributed by atoms with Crippen molar-refractivity contribution in [2.75, 3.05) is 20.3 Å². The van der Waals surface area contributed by atoms with E-state index < -0.39 is 0 Å². The summed E-state index contributed by atoms with van der Waals surface area (Å²) in [5.41, 5.74) is 2.15. The van der Waals surface area contributed by atoms with Gasteiger partial charge in [0.1, 0.15) is 0 Å². The van der Waals surface area contributed by atoms with Gasteiger partial charge in [-0.05, 0) is 37.9 Å². The number of benzene rings is 1. The van der Waals surface area contributed by atoms with Crippen LogP contribution in [0.1, 0.15) is 24.6 Å². The molecule has 0 aliphatic carbocycles. The fraction of sp³-hybridized carbons (Fsp3) is 0.467. The smallest absolute Gasteiger partial charge is 0.0815 e. The maximum Gasteiger partial charge on any atom is 0.0815 e. The molecule has 0 amide bonds. The molecule has 20 heavy (non-hydrogen) atoms. The largest absolute Gasteiger partial charge is 0.381 e. The van der Waals surface area contributed by atoms with Crippen LogP contribution in [0.2, 0.25) is 0 Å². The molecule has 1 aromatic carbocycles. The summed E-state index contributed by atoms with van der Waals surface area (Å²) in [5.74, 6) is 0.617. The van der Waals surface area contributed by atoms with Crippen molar-refractivity contribution in [2.24, 2.45) is 5.92 Å². The van der Waals surface area contributed by atoms with Crippen LogP contribution in [-0.4, -0.2) is 35.3 Å². The summed E-state index contributed by atoms with van der Waals surface area (Å²) in [4.78, 5) is 0. The lowest BCUT2D eigenvalue weighted by Gasteiger charge is -2.20. The molecule has 1 fully saturated rings. The second-order valence-corrected chi connectivity index (χ2v) is 5.21. The number of nitrogens with one attached hydrogen (secondary N) is 1. The molecule has 0 saturated carbocycles. The zero-order chi connectivity index (χ0) is 13.8. The van der Waals surface area contributed by atoms with Crippen molar-refractivity contribution < 1.29 is 4.74 Å². The van der Waals surface area contributed by atoms with Crippen molar-refractivity contribution in [2.45, 2.75) is 18.9 Å². The van der Waals surface area contributed by atoms with Gasteiger partial charge in [-0.2, -0.15) is 0 Å². The van der Waals surface area contributed by atoms with Crippen LogP contribution in [-0.2, 0) is 4.74 Å². The van der Waals surface area contributed by atoms with Crippen molar-refractivity contribution in [1.82, 2.24) is 20.3 Å². The van der Waals surface area contributed by atoms with Crippen LogP contribution in [0.25, 0.3) is 5.69 Å². The fourth-order valence-electron chi connectivity index (χ4n) is 2.74. The Morgan fingerprint density at radius 3 is 2.95 bits per heavy atom. The quantitative estimate of drug-likeness (QED) is 0.904. The van der Waals surface area contributed by atoms with Crippen LogP contribution < -0.4 is 5.32 Å². The molecule has 1 N–H and O–H groups in total. The Labute approximate surface area is 118 Å². The summed E-state index contributed by atoms with van der Waals surface area (Å²) in [6, 6.07) is 10.4. The minimum Gasteiger partial charge on any atom is -0.381 e. The summed E-state index contributed by atoms with van der Waals surface area (Å²) in [6.45, 7) is 1.75. The lowest BCUT2D eigenvalue weighted by molar-refractivity contribution is 0.181. The van der Waals surface area contributed by atoms with Crippen molar-refractivity contribution in [1.29, 1.82) is 0 Å². The first-order valence-corrected chi connectivity index (χ1v) is 7.09. The van der Waals surface area contributed by atoms with Crippen LogP contribution in [0.3, 0.4) is 0 Å². The highest BCUT2D eigenvalue weighted by Gasteiger charge is 2.23. The minimum atomic E-state index is 0.247. The van der Waals surface area contributed by atoms with E-state index >= 15 is 0 Å². The SMILES string of the molecule is CNC(CC1CCOC1)c1cnnn1-c1ccccc1. The summed E-state index contributed by atoms with van der Waals surface area (Å²) in [5, 5.41) is 11.7. The Hall–Kier alpha value is -1.72. The van der Waals surface area contributed by atoms with Crippen LogP contribution in [0.5, 0.6) is 0 Å². The van der Waals surface area contributed by atoms with Crippen molar-refractivity contribution >= 4 is 0 Å². The molecule has 5 heteroatoms. The predicted molar refractivity (Wildman–Crippen MR) is 76.7 cm³/mol. The third-order valence-corrected chi connectivity index (χ3v) is 3.87. The van der Waals surface area contributed by atoms with Gasteiger partial charge in [0, 0.05) is 13.2 Å². The van der Waals surface area contributed by atoms with Gasteiger partial charge >= 0.3 is 0 Å². The van der Waals surface area contributed by atoms with Gasteiger partial charge in [0.25, 0.3) is 0 Å². The van der Waals surface area contributed by atoms with Crippen molar-refractivity contribution in [3.63, 3.8) is 0 Å². The summed E-state index contributed by atoms with van der Waals surface area (Å²) in [7, 11) is 1.99. The van der Waals surface area contributed by atoms with E-state index in [2.05, 4.69) is 15.6 Å². The molecule has 1 aliphatic rings. The molecule has 2 heterocycles. The van der Waals surface area contributed by atoms with E-state index in [4.69, 9.17) is 4.74 Å². The third-order valence-electron chi connectivity index (χ3n) is 3.87. The number of aromatic nitrogens is 3. The molecule has 106 valence electrons. The normalized spacial score (nSPS) is 20.1. The minimum absolute atomic E-state index is 0.247. The Morgan fingerprint density at radius 1 is 1.40 bits per heavy atom. The maximum atomic E-state index is 5.47. The number of para-hydroxylation sites is 1. The van der Waals surface area contributed by atoms with Gasteiger partial charge in [-0.15, -0.1) is 5.10 Å². The zero-order valence-corrected chi connectivity index (χ0v) is 11.7. The fourth-order valence-corrected chi connectivity index (χ4v) is 2.74. The summed E-state index contributed by atoms with van der Waals surface area (Å²) in [6.07, 6.45) is 4.05. The summed E-state index contributed by atoms with van der Waals surface area (Å²) < 4.78 is 7.38. The molecule has 2 unspecified atom stereocenters. The predicted octanol–water partition coefficient (Wildman–Crippen LogP) is 1.95. The molecular formula is C15H20N4O. The number of nitrogens with zero attached hydrogens (tertiary/aromatic N) is 3. The van der Waals surface area contributed by atoms with E-state index in [9.17, 15) is 0 Å². The molecule has 1 saturated heterocycles. The lowest BCUT2D eigenvalue weighted by atomic mass is 9.97. The first kappa shape index (κ1) is 13.3. The van der Waals surface area contributed by atoms with E-state index in [0.29, 0.717) is 5.92 Å². The van der Waals surface area contributed by atoms with Gasteiger partial charge < -0.3 is 10.1 Å². The molecule has 5 nitrogen and oxygen atoms in total. The zero-order valence-electron chi connectivity index (χ0n) is 11.7. The van der Waals surface area contributed by atoms with Crippen molar-refractivity contribution in [3.05, 3.63) is 42.2 Å². The molecule has 2 atom stereocenters. The molecular weight excluding hydrogens is 252 g/mol. The van der Waals surface area contributed by atoms with Gasteiger partial charge in [-0.3, -0.25) is 0 Å². The van der Waals surface area contributed by atoms with E-state index in [1.54, 1.807) is 0 Å². The third kappa shape index (κ3) is 2.73. The van der Waals surface area contributed by atoms with Gasteiger partial charge in [-0.1, -0.05) is 23.4 Å². The molecule has 1 aliphatic heterocycles. The maximum absolute atomic E-state index is 5.47. The van der Waals surface area contributed by atoms with Gasteiger partial charge in [0.2, 0.25) is 0 Å². The van der Waals surface area contributed by atoms with Crippen LogP contribution in [0.4, 0.5) is 0 Å². The van der Waals surface area contributed by atoms with Gasteiger partial charge in [0.05, 0.1) is 23.6 Å². The standard InChI is InChI=1S/C15H20N4O/c1-16-14(9-12-7-8-20-11-12)15-10-17-18-19(15)13-5-3-2-4-6-13/h2-6,10,12,14,16H,7-9,11H2,1H3. The molecule has 0 radical (unpaired) electrons. The number of hydrogen-bond donors (Lipinski definition) is 1. The second-order valence-electron chi connectivity index (χ2n) is 5.21. The topological polar surface area (TPSA) is 52.0 Å².